The first-order valence-electron chi connectivity index (χ1n) is 6.98. The van der Waals surface area contributed by atoms with Crippen molar-refractivity contribution >= 4 is 16.9 Å². The number of aromatic nitrogens is 2. The zero-order chi connectivity index (χ0) is 14.7. The van der Waals surface area contributed by atoms with Gasteiger partial charge in [-0.15, -0.1) is 0 Å². The lowest BCUT2D eigenvalue weighted by molar-refractivity contribution is -0.122. The number of hydrogen-bond donors (Lipinski definition) is 2. The number of nitrogens with zero attached hydrogens (tertiary/aromatic N) is 2. The average molecular weight is 274 g/mol. The van der Waals surface area contributed by atoms with Gasteiger partial charge in [0, 0.05) is 7.05 Å². The van der Waals surface area contributed by atoms with Gasteiger partial charge in [-0.1, -0.05) is 25.5 Å². The van der Waals surface area contributed by atoms with Crippen LogP contribution in [0.3, 0.4) is 0 Å². The summed E-state index contributed by atoms with van der Waals surface area (Å²) in [7, 11) is 1.97. The summed E-state index contributed by atoms with van der Waals surface area (Å²) < 4.78 is 2.02. The number of imidazole rings is 1. The standard InChI is InChI=1S/C15H22N4O/c1-4-6-11(16)15(20)17-9-13-18-12-8-5-7-10(2)14(12)19(13)3/h5,7-8,11H,4,6,9,16H2,1-3H3,(H,17,20). The van der Waals surface area contributed by atoms with Gasteiger partial charge in [0.25, 0.3) is 0 Å². The van der Waals surface area contributed by atoms with E-state index in [1.807, 2.05) is 30.7 Å². The minimum Gasteiger partial charge on any atom is -0.348 e. The minimum atomic E-state index is -0.434. The molecule has 2 rings (SSSR count). The summed E-state index contributed by atoms with van der Waals surface area (Å²) in [4.78, 5) is 16.4. The maximum Gasteiger partial charge on any atom is 0.237 e. The van der Waals surface area contributed by atoms with E-state index in [0.29, 0.717) is 13.0 Å². The minimum absolute atomic E-state index is 0.115. The number of para-hydroxylation sites is 1. The molecule has 20 heavy (non-hydrogen) atoms. The van der Waals surface area contributed by atoms with Crippen molar-refractivity contribution in [2.75, 3.05) is 0 Å². The fourth-order valence-electron chi connectivity index (χ4n) is 2.41. The fraction of sp³-hybridized carbons (Fsp3) is 0.467. The molecule has 0 spiro atoms. The predicted octanol–water partition coefficient (Wildman–Crippen LogP) is 1.63. The van der Waals surface area contributed by atoms with Crippen molar-refractivity contribution in [1.82, 2.24) is 14.9 Å². The van der Waals surface area contributed by atoms with Crippen LogP contribution in [-0.4, -0.2) is 21.5 Å². The van der Waals surface area contributed by atoms with E-state index in [2.05, 4.69) is 23.3 Å². The summed E-state index contributed by atoms with van der Waals surface area (Å²) in [5.41, 5.74) is 9.03. The first kappa shape index (κ1) is 14.5. The van der Waals surface area contributed by atoms with Crippen LogP contribution in [0.1, 0.15) is 31.2 Å². The lowest BCUT2D eigenvalue weighted by atomic mass is 10.2. The monoisotopic (exact) mass is 274 g/mol. The van der Waals surface area contributed by atoms with Crippen molar-refractivity contribution in [3.8, 4) is 0 Å². The van der Waals surface area contributed by atoms with Gasteiger partial charge in [0.05, 0.1) is 23.6 Å². The number of carbonyl (C=O) groups excluding carboxylic acids is 1. The number of rotatable bonds is 5. The molecule has 2 aromatic rings. The summed E-state index contributed by atoms with van der Waals surface area (Å²) in [6.07, 6.45) is 1.60. The lowest BCUT2D eigenvalue weighted by Crippen LogP contribution is -2.40. The maximum atomic E-state index is 11.8. The number of aryl methyl sites for hydroxylation is 2. The molecule has 0 aliphatic carbocycles. The van der Waals surface area contributed by atoms with Crippen LogP contribution in [0.15, 0.2) is 18.2 Å². The van der Waals surface area contributed by atoms with E-state index in [-0.39, 0.29) is 5.91 Å². The van der Waals surface area contributed by atoms with Crippen molar-refractivity contribution in [2.24, 2.45) is 12.8 Å². The number of nitrogens with one attached hydrogen (secondary N) is 1. The Morgan fingerprint density at radius 3 is 2.90 bits per heavy atom. The van der Waals surface area contributed by atoms with Gasteiger partial charge in [-0.05, 0) is 25.0 Å². The Balaban J connectivity index is 2.13. The molecule has 1 aromatic carbocycles. The normalized spacial score (nSPS) is 12.6. The summed E-state index contributed by atoms with van der Waals surface area (Å²) >= 11 is 0. The topological polar surface area (TPSA) is 72.9 Å². The molecule has 0 aliphatic rings. The average Bonchev–Trinajstić information content (AvgIpc) is 2.74. The van der Waals surface area contributed by atoms with E-state index in [9.17, 15) is 4.79 Å². The van der Waals surface area contributed by atoms with E-state index < -0.39 is 6.04 Å². The highest BCUT2D eigenvalue weighted by Crippen LogP contribution is 2.18. The molecule has 0 aliphatic heterocycles. The van der Waals surface area contributed by atoms with Crippen LogP contribution in [0.2, 0.25) is 0 Å². The molecule has 1 aromatic heterocycles. The van der Waals surface area contributed by atoms with Crippen LogP contribution < -0.4 is 11.1 Å². The van der Waals surface area contributed by atoms with E-state index >= 15 is 0 Å². The fourth-order valence-corrected chi connectivity index (χ4v) is 2.41. The van der Waals surface area contributed by atoms with Gasteiger partial charge in [-0.3, -0.25) is 4.79 Å². The molecule has 108 valence electrons. The Kier molecular flexibility index (Phi) is 4.39. The molecule has 0 radical (unpaired) electrons. The van der Waals surface area contributed by atoms with Crippen LogP contribution in [-0.2, 0) is 18.4 Å². The van der Waals surface area contributed by atoms with Crippen LogP contribution in [0, 0.1) is 6.92 Å². The summed E-state index contributed by atoms with van der Waals surface area (Å²) in [5.74, 6) is 0.724. The maximum absolute atomic E-state index is 11.8. The van der Waals surface area contributed by atoms with Crippen molar-refractivity contribution in [2.45, 2.75) is 39.3 Å². The van der Waals surface area contributed by atoms with Crippen molar-refractivity contribution in [3.05, 3.63) is 29.6 Å². The van der Waals surface area contributed by atoms with Gasteiger partial charge < -0.3 is 15.6 Å². The molecule has 1 amide bonds. The van der Waals surface area contributed by atoms with E-state index in [1.165, 1.54) is 5.56 Å². The van der Waals surface area contributed by atoms with Crippen molar-refractivity contribution in [3.63, 3.8) is 0 Å². The number of fused-ring (bicyclic) bond motifs is 1. The Bertz CT molecular complexity index is 618. The largest absolute Gasteiger partial charge is 0.348 e. The molecule has 1 heterocycles. The number of benzene rings is 1. The van der Waals surface area contributed by atoms with Gasteiger partial charge >= 0.3 is 0 Å². The van der Waals surface area contributed by atoms with E-state index in [1.54, 1.807) is 0 Å². The first-order chi connectivity index (χ1) is 9.54. The lowest BCUT2D eigenvalue weighted by Gasteiger charge is -2.11. The molecular weight excluding hydrogens is 252 g/mol. The highest BCUT2D eigenvalue weighted by atomic mass is 16.2. The van der Waals surface area contributed by atoms with Gasteiger partial charge in [0.15, 0.2) is 0 Å². The van der Waals surface area contributed by atoms with Crippen molar-refractivity contribution in [1.29, 1.82) is 0 Å². The molecule has 0 fully saturated rings. The van der Waals surface area contributed by atoms with Crippen LogP contribution >= 0.6 is 0 Å². The zero-order valence-electron chi connectivity index (χ0n) is 12.3. The van der Waals surface area contributed by atoms with Crippen LogP contribution in [0.5, 0.6) is 0 Å². The Morgan fingerprint density at radius 1 is 1.50 bits per heavy atom. The molecule has 5 heteroatoms. The Morgan fingerprint density at radius 2 is 2.25 bits per heavy atom. The third-order valence-electron chi connectivity index (χ3n) is 3.55. The van der Waals surface area contributed by atoms with Gasteiger partial charge in [-0.25, -0.2) is 4.98 Å². The predicted molar refractivity (Wildman–Crippen MR) is 80.2 cm³/mol. The first-order valence-corrected chi connectivity index (χ1v) is 6.98. The molecule has 3 N–H and O–H groups in total. The smallest absolute Gasteiger partial charge is 0.237 e. The zero-order valence-corrected chi connectivity index (χ0v) is 12.3. The highest BCUT2D eigenvalue weighted by molar-refractivity contribution is 5.82. The number of carbonyl (C=O) groups is 1. The number of nitrogens with two attached hydrogens (primary N) is 1. The Labute approximate surface area is 119 Å². The van der Waals surface area contributed by atoms with Gasteiger partial charge in [0.1, 0.15) is 5.82 Å². The van der Waals surface area contributed by atoms with E-state index in [0.717, 1.165) is 23.3 Å². The molecule has 0 saturated carbocycles. The SMILES string of the molecule is CCCC(N)C(=O)NCc1nc2cccc(C)c2n1C. The highest BCUT2D eigenvalue weighted by Gasteiger charge is 2.14. The molecular formula is C15H22N4O. The summed E-state index contributed by atoms with van der Waals surface area (Å²) in [6, 6.07) is 5.60. The molecule has 1 unspecified atom stereocenters. The number of amides is 1. The quantitative estimate of drug-likeness (QED) is 0.870. The second kappa shape index (κ2) is 6.05. The summed E-state index contributed by atoms with van der Waals surface area (Å²) in [6.45, 7) is 4.48. The van der Waals surface area contributed by atoms with Crippen LogP contribution in [0.4, 0.5) is 0 Å². The molecule has 1 atom stereocenters. The molecule has 5 nitrogen and oxygen atoms in total. The Hall–Kier alpha value is -1.88. The third-order valence-corrected chi connectivity index (χ3v) is 3.55. The van der Waals surface area contributed by atoms with Crippen molar-refractivity contribution < 1.29 is 4.79 Å². The second-order valence-electron chi connectivity index (χ2n) is 5.14. The van der Waals surface area contributed by atoms with Gasteiger partial charge in [0.2, 0.25) is 5.91 Å². The second-order valence-corrected chi connectivity index (χ2v) is 5.14. The summed E-state index contributed by atoms with van der Waals surface area (Å²) in [5, 5.41) is 2.86. The van der Waals surface area contributed by atoms with Crippen LogP contribution in [0.25, 0.3) is 11.0 Å². The number of hydrogen-bond acceptors (Lipinski definition) is 3. The van der Waals surface area contributed by atoms with E-state index in [4.69, 9.17) is 5.73 Å². The molecule has 0 bridgehead atoms. The van der Waals surface area contributed by atoms with Gasteiger partial charge in [-0.2, -0.15) is 0 Å². The molecule has 0 saturated heterocycles. The third kappa shape index (κ3) is 2.82.